The zero-order valence-electron chi connectivity index (χ0n) is 14.9. The smallest absolute Gasteiger partial charge is 0.243 e. The second-order valence-electron chi connectivity index (χ2n) is 6.61. The van der Waals surface area contributed by atoms with Gasteiger partial charge in [0.05, 0.1) is 10.8 Å². The number of nitrogens with zero attached hydrogens (tertiary/aromatic N) is 4. The standard InChI is InChI=1S/C19H20N4O3S/c1-2-3-14-4-6-17(7-5-14)27(24,25)23-12-16(13-23)19-21-18(22-26-19)15-8-10-20-11-9-15/h4-11,16H,2-3,12-13H2,1H3. The van der Waals surface area contributed by atoms with Crippen LogP contribution in [0.25, 0.3) is 11.4 Å². The number of pyridine rings is 1. The van der Waals surface area contributed by atoms with E-state index in [-0.39, 0.29) is 5.92 Å². The molecule has 140 valence electrons. The van der Waals surface area contributed by atoms with Gasteiger partial charge in [0.25, 0.3) is 0 Å². The third-order valence-electron chi connectivity index (χ3n) is 4.68. The van der Waals surface area contributed by atoms with Gasteiger partial charge < -0.3 is 4.52 Å². The van der Waals surface area contributed by atoms with Gasteiger partial charge in [-0.05, 0) is 36.2 Å². The number of benzene rings is 1. The highest BCUT2D eigenvalue weighted by Gasteiger charge is 2.40. The second-order valence-corrected chi connectivity index (χ2v) is 8.54. The van der Waals surface area contributed by atoms with Crippen LogP contribution in [0.5, 0.6) is 0 Å². The summed E-state index contributed by atoms with van der Waals surface area (Å²) in [6, 6.07) is 10.7. The summed E-state index contributed by atoms with van der Waals surface area (Å²) in [5.74, 6) is 0.869. The first-order valence-corrected chi connectivity index (χ1v) is 10.3. The Balaban J connectivity index is 1.43. The SMILES string of the molecule is CCCc1ccc(S(=O)(=O)N2CC(c3nc(-c4ccncc4)no3)C2)cc1. The lowest BCUT2D eigenvalue weighted by Gasteiger charge is -2.35. The van der Waals surface area contributed by atoms with Crippen LogP contribution < -0.4 is 0 Å². The van der Waals surface area contributed by atoms with Crippen LogP contribution in [-0.2, 0) is 16.4 Å². The highest BCUT2D eigenvalue weighted by molar-refractivity contribution is 7.89. The van der Waals surface area contributed by atoms with E-state index in [1.165, 1.54) is 4.31 Å². The number of sulfonamides is 1. The molecule has 0 spiro atoms. The molecule has 4 rings (SSSR count). The quantitative estimate of drug-likeness (QED) is 0.649. The Hall–Kier alpha value is -2.58. The van der Waals surface area contributed by atoms with Gasteiger partial charge in [-0.1, -0.05) is 30.6 Å². The molecular formula is C19H20N4O3S. The normalized spacial score (nSPS) is 15.6. The fourth-order valence-electron chi connectivity index (χ4n) is 3.08. The van der Waals surface area contributed by atoms with Crippen LogP contribution in [-0.4, -0.2) is 40.9 Å². The highest BCUT2D eigenvalue weighted by atomic mass is 32.2. The van der Waals surface area contributed by atoms with Crippen molar-refractivity contribution in [3.8, 4) is 11.4 Å². The number of aromatic nitrogens is 3. The third-order valence-corrected chi connectivity index (χ3v) is 6.52. The lowest BCUT2D eigenvalue weighted by atomic mass is 10.0. The Labute approximate surface area is 158 Å². The van der Waals surface area contributed by atoms with Crippen LogP contribution in [0.2, 0.25) is 0 Å². The van der Waals surface area contributed by atoms with E-state index in [9.17, 15) is 8.42 Å². The van der Waals surface area contributed by atoms with Gasteiger partial charge in [-0.2, -0.15) is 9.29 Å². The van der Waals surface area contributed by atoms with Gasteiger partial charge >= 0.3 is 0 Å². The number of aryl methyl sites for hydroxylation is 1. The Bertz CT molecular complexity index is 1010. The van der Waals surface area contributed by atoms with Gasteiger partial charge in [-0.15, -0.1) is 0 Å². The van der Waals surface area contributed by atoms with E-state index >= 15 is 0 Å². The first-order valence-electron chi connectivity index (χ1n) is 8.91. The van der Waals surface area contributed by atoms with Gasteiger partial charge in [0.15, 0.2) is 0 Å². The van der Waals surface area contributed by atoms with Crippen molar-refractivity contribution in [3.63, 3.8) is 0 Å². The summed E-state index contributed by atoms with van der Waals surface area (Å²) in [5, 5.41) is 3.98. The molecule has 27 heavy (non-hydrogen) atoms. The van der Waals surface area contributed by atoms with E-state index in [0.717, 1.165) is 24.0 Å². The van der Waals surface area contributed by atoms with Crippen molar-refractivity contribution in [1.82, 2.24) is 19.4 Å². The summed E-state index contributed by atoms with van der Waals surface area (Å²) in [4.78, 5) is 8.68. The molecule has 0 aliphatic carbocycles. The maximum atomic E-state index is 12.7. The summed E-state index contributed by atoms with van der Waals surface area (Å²) < 4.78 is 32.3. The minimum absolute atomic E-state index is 0.0813. The number of hydrogen-bond acceptors (Lipinski definition) is 6. The Morgan fingerprint density at radius 3 is 2.48 bits per heavy atom. The largest absolute Gasteiger partial charge is 0.339 e. The van der Waals surface area contributed by atoms with E-state index in [0.29, 0.717) is 29.7 Å². The average molecular weight is 384 g/mol. The first kappa shape index (κ1) is 17.8. The first-order chi connectivity index (χ1) is 13.1. The van der Waals surface area contributed by atoms with Gasteiger partial charge in [0.2, 0.25) is 21.7 Å². The molecular weight excluding hydrogens is 364 g/mol. The molecule has 0 N–H and O–H groups in total. The molecule has 1 aliphatic rings. The predicted octanol–water partition coefficient (Wildman–Crippen LogP) is 2.87. The predicted molar refractivity (Wildman–Crippen MR) is 99.5 cm³/mol. The van der Waals surface area contributed by atoms with E-state index in [2.05, 4.69) is 22.0 Å². The minimum atomic E-state index is -3.49. The van der Waals surface area contributed by atoms with Crippen molar-refractivity contribution < 1.29 is 12.9 Å². The van der Waals surface area contributed by atoms with Gasteiger partial charge in [-0.3, -0.25) is 4.98 Å². The lowest BCUT2D eigenvalue weighted by molar-refractivity contribution is 0.217. The van der Waals surface area contributed by atoms with Gasteiger partial charge in [-0.25, -0.2) is 8.42 Å². The van der Waals surface area contributed by atoms with Crippen molar-refractivity contribution in [2.75, 3.05) is 13.1 Å². The second kappa shape index (κ2) is 7.21. The zero-order valence-corrected chi connectivity index (χ0v) is 15.8. The van der Waals surface area contributed by atoms with Gasteiger partial charge in [0.1, 0.15) is 0 Å². The van der Waals surface area contributed by atoms with Crippen LogP contribution in [0.1, 0.15) is 30.7 Å². The van der Waals surface area contributed by atoms with Crippen LogP contribution in [0, 0.1) is 0 Å². The molecule has 3 aromatic rings. The summed E-state index contributed by atoms with van der Waals surface area (Å²) in [5.41, 5.74) is 1.96. The maximum absolute atomic E-state index is 12.7. The molecule has 0 unspecified atom stereocenters. The molecule has 0 saturated carbocycles. The van der Waals surface area contributed by atoms with Crippen molar-refractivity contribution in [3.05, 3.63) is 60.2 Å². The van der Waals surface area contributed by atoms with E-state index in [4.69, 9.17) is 4.52 Å². The van der Waals surface area contributed by atoms with Crippen LogP contribution in [0.15, 0.2) is 58.2 Å². The molecule has 1 aliphatic heterocycles. The van der Waals surface area contributed by atoms with E-state index in [1.54, 1.807) is 36.7 Å². The van der Waals surface area contributed by atoms with Gasteiger partial charge in [0, 0.05) is 31.0 Å². The fraction of sp³-hybridized carbons (Fsp3) is 0.316. The van der Waals surface area contributed by atoms with E-state index < -0.39 is 10.0 Å². The summed E-state index contributed by atoms with van der Waals surface area (Å²) in [6.07, 6.45) is 5.30. The molecule has 7 nitrogen and oxygen atoms in total. The minimum Gasteiger partial charge on any atom is -0.339 e. The number of rotatable bonds is 6. The summed E-state index contributed by atoms with van der Waals surface area (Å²) in [7, 11) is -3.49. The van der Waals surface area contributed by atoms with Crippen LogP contribution in [0.3, 0.4) is 0 Å². The van der Waals surface area contributed by atoms with Crippen molar-refractivity contribution in [1.29, 1.82) is 0 Å². The summed E-state index contributed by atoms with van der Waals surface area (Å²) in [6.45, 7) is 2.79. The van der Waals surface area contributed by atoms with Crippen molar-refractivity contribution in [2.45, 2.75) is 30.6 Å². The Kier molecular flexibility index (Phi) is 4.75. The number of hydrogen-bond donors (Lipinski definition) is 0. The lowest BCUT2D eigenvalue weighted by Crippen LogP contribution is -2.48. The molecule has 2 aromatic heterocycles. The monoisotopic (exact) mass is 384 g/mol. The average Bonchev–Trinajstić information content (AvgIpc) is 3.11. The Morgan fingerprint density at radius 1 is 1.11 bits per heavy atom. The molecule has 1 aromatic carbocycles. The van der Waals surface area contributed by atoms with Crippen LogP contribution >= 0.6 is 0 Å². The molecule has 0 bridgehead atoms. The molecule has 0 atom stereocenters. The molecule has 3 heterocycles. The molecule has 1 saturated heterocycles. The van der Waals surface area contributed by atoms with Crippen molar-refractivity contribution >= 4 is 10.0 Å². The maximum Gasteiger partial charge on any atom is 0.243 e. The topological polar surface area (TPSA) is 89.2 Å². The fourth-order valence-corrected chi connectivity index (χ4v) is 4.61. The van der Waals surface area contributed by atoms with E-state index in [1.807, 2.05) is 12.1 Å². The molecule has 1 fully saturated rings. The highest BCUT2D eigenvalue weighted by Crippen LogP contribution is 2.32. The summed E-state index contributed by atoms with van der Waals surface area (Å²) >= 11 is 0. The van der Waals surface area contributed by atoms with Crippen molar-refractivity contribution in [2.24, 2.45) is 0 Å². The Morgan fingerprint density at radius 2 is 1.81 bits per heavy atom. The zero-order chi connectivity index (χ0) is 18.9. The molecule has 0 radical (unpaired) electrons. The third kappa shape index (κ3) is 3.50. The van der Waals surface area contributed by atoms with Crippen LogP contribution in [0.4, 0.5) is 0 Å². The molecule has 8 heteroatoms. The molecule has 0 amide bonds.